The first-order chi connectivity index (χ1) is 5.38. The van der Waals surface area contributed by atoms with Crippen LogP contribution in [0.3, 0.4) is 0 Å². The Kier molecular flexibility index (Phi) is 1.35. The van der Waals surface area contributed by atoms with E-state index in [-0.39, 0.29) is 5.82 Å². The predicted molar refractivity (Wildman–Crippen MR) is 43.0 cm³/mol. The highest BCUT2D eigenvalue weighted by atomic mass is 19.1. The molecular formula is C10H7F. The Morgan fingerprint density at radius 2 is 1.64 bits per heavy atom. The molecule has 0 saturated carbocycles. The highest BCUT2D eigenvalue weighted by molar-refractivity contribution is 5.66. The fourth-order valence-electron chi connectivity index (χ4n) is 1.18. The summed E-state index contributed by atoms with van der Waals surface area (Å²) in [5, 5.41) is 0. The van der Waals surface area contributed by atoms with Gasteiger partial charge in [-0.1, -0.05) is 36.4 Å². The lowest BCUT2D eigenvalue weighted by Gasteiger charge is -1.88. The SMILES string of the molecule is Fc1ccc2cccccc1-2. The van der Waals surface area contributed by atoms with Crippen LogP contribution in [0.15, 0.2) is 42.5 Å². The van der Waals surface area contributed by atoms with Gasteiger partial charge in [-0.3, -0.25) is 0 Å². The van der Waals surface area contributed by atoms with Crippen molar-refractivity contribution in [2.24, 2.45) is 0 Å². The minimum absolute atomic E-state index is 0.142. The predicted octanol–water partition coefficient (Wildman–Crippen LogP) is 2.93. The molecule has 0 heterocycles. The lowest BCUT2D eigenvalue weighted by atomic mass is 10.2. The molecule has 0 aliphatic heterocycles. The van der Waals surface area contributed by atoms with Crippen LogP contribution in [-0.2, 0) is 0 Å². The molecule has 0 amide bonds. The standard InChI is InChI=1S/C10H7F/c11-10-7-6-8-4-2-1-3-5-9(8)10/h1-7H. The second-order valence-corrected chi connectivity index (χ2v) is 2.46. The van der Waals surface area contributed by atoms with Crippen LogP contribution in [-0.4, -0.2) is 0 Å². The zero-order valence-corrected chi connectivity index (χ0v) is 5.92. The van der Waals surface area contributed by atoms with Crippen molar-refractivity contribution < 1.29 is 4.39 Å². The summed E-state index contributed by atoms with van der Waals surface area (Å²) < 4.78 is 12.9. The van der Waals surface area contributed by atoms with Gasteiger partial charge in [0.25, 0.3) is 0 Å². The summed E-state index contributed by atoms with van der Waals surface area (Å²) in [6.45, 7) is 0. The average Bonchev–Trinajstić information content (AvgIpc) is 2.25. The first-order valence-electron chi connectivity index (χ1n) is 3.51. The van der Waals surface area contributed by atoms with Gasteiger partial charge in [0.15, 0.2) is 0 Å². The van der Waals surface area contributed by atoms with E-state index >= 15 is 0 Å². The van der Waals surface area contributed by atoms with E-state index in [2.05, 4.69) is 0 Å². The summed E-state index contributed by atoms with van der Waals surface area (Å²) in [5.74, 6) is -0.142. The molecule has 11 heavy (non-hydrogen) atoms. The lowest BCUT2D eigenvalue weighted by molar-refractivity contribution is 0.635. The van der Waals surface area contributed by atoms with Crippen LogP contribution in [0.4, 0.5) is 4.39 Å². The molecule has 0 aromatic heterocycles. The molecule has 0 unspecified atom stereocenters. The van der Waals surface area contributed by atoms with Crippen molar-refractivity contribution in [1.29, 1.82) is 0 Å². The molecule has 1 heteroatoms. The van der Waals surface area contributed by atoms with Crippen LogP contribution in [0, 0.1) is 5.82 Å². The third-order valence-electron chi connectivity index (χ3n) is 1.74. The quantitative estimate of drug-likeness (QED) is 0.536. The number of hydrogen-bond donors (Lipinski definition) is 0. The van der Waals surface area contributed by atoms with E-state index in [0.717, 1.165) is 5.56 Å². The highest BCUT2D eigenvalue weighted by Crippen LogP contribution is 2.24. The van der Waals surface area contributed by atoms with Gasteiger partial charge in [0.05, 0.1) is 0 Å². The molecule has 0 aromatic rings. The van der Waals surface area contributed by atoms with Crippen LogP contribution in [0.2, 0.25) is 0 Å². The topological polar surface area (TPSA) is 0 Å². The largest absolute Gasteiger partial charge is 0.206 e. The average molecular weight is 146 g/mol. The normalized spacial score (nSPS) is 10.3. The highest BCUT2D eigenvalue weighted by Gasteiger charge is 2.04. The molecule has 0 radical (unpaired) electrons. The molecule has 0 spiro atoms. The second kappa shape index (κ2) is 2.35. The van der Waals surface area contributed by atoms with Gasteiger partial charge in [0, 0.05) is 5.56 Å². The van der Waals surface area contributed by atoms with E-state index in [1.807, 2.05) is 24.3 Å². The van der Waals surface area contributed by atoms with Gasteiger partial charge in [-0.15, -0.1) is 0 Å². The van der Waals surface area contributed by atoms with Gasteiger partial charge >= 0.3 is 0 Å². The van der Waals surface area contributed by atoms with Gasteiger partial charge in [0.2, 0.25) is 0 Å². The molecule has 0 atom stereocenters. The molecule has 0 aromatic carbocycles. The van der Waals surface area contributed by atoms with Crippen LogP contribution in [0.25, 0.3) is 11.1 Å². The maximum atomic E-state index is 12.9. The lowest BCUT2D eigenvalue weighted by Crippen LogP contribution is -1.68. The van der Waals surface area contributed by atoms with Crippen molar-refractivity contribution in [2.75, 3.05) is 0 Å². The number of halogens is 1. The van der Waals surface area contributed by atoms with E-state index < -0.39 is 0 Å². The van der Waals surface area contributed by atoms with Crippen molar-refractivity contribution in [3.05, 3.63) is 48.3 Å². The summed E-state index contributed by atoms with van der Waals surface area (Å²) in [6.07, 6.45) is 0. The second-order valence-electron chi connectivity index (χ2n) is 2.46. The Morgan fingerprint density at radius 1 is 0.818 bits per heavy atom. The van der Waals surface area contributed by atoms with E-state index in [9.17, 15) is 4.39 Å². The Morgan fingerprint density at radius 3 is 2.55 bits per heavy atom. The van der Waals surface area contributed by atoms with Crippen molar-refractivity contribution in [3.63, 3.8) is 0 Å². The minimum Gasteiger partial charge on any atom is -0.206 e. The molecular weight excluding hydrogens is 139 g/mol. The molecule has 0 bridgehead atoms. The van der Waals surface area contributed by atoms with Crippen LogP contribution < -0.4 is 0 Å². The fraction of sp³-hybridized carbons (Fsp3) is 0. The van der Waals surface area contributed by atoms with Gasteiger partial charge in [0.1, 0.15) is 5.82 Å². The number of rotatable bonds is 0. The smallest absolute Gasteiger partial charge is 0.131 e. The van der Waals surface area contributed by atoms with Gasteiger partial charge < -0.3 is 0 Å². The van der Waals surface area contributed by atoms with Crippen molar-refractivity contribution in [3.8, 4) is 11.1 Å². The summed E-state index contributed by atoms with van der Waals surface area (Å²) in [6, 6.07) is 12.6. The zero-order valence-electron chi connectivity index (χ0n) is 5.92. The Balaban J connectivity index is 2.75. The minimum atomic E-state index is -0.142. The van der Waals surface area contributed by atoms with Gasteiger partial charge in [-0.2, -0.15) is 0 Å². The Bertz CT molecular complexity index is 341. The molecule has 0 N–H and O–H groups in total. The summed E-state index contributed by atoms with van der Waals surface area (Å²) in [7, 11) is 0. The van der Waals surface area contributed by atoms with E-state index in [1.165, 1.54) is 6.07 Å². The molecule has 0 nitrogen and oxygen atoms in total. The van der Waals surface area contributed by atoms with Crippen LogP contribution >= 0.6 is 0 Å². The van der Waals surface area contributed by atoms with E-state index in [0.29, 0.717) is 5.56 Å². The fourth-order valence-corrected chi connectivity index (χ4v) is 1.18. The maximum absolute atomic E-state index is 12.9. The van der Waals surface area contributed by atoms with E-state index in [4.69, 9.17) is 0 Å². The molecule has 0 fully saturated rings. The molecule has 2 aliphatic carbocycles. The summed E-state index contributed by atoms with van der Waals surface area (Å²) in [4.78, 5) is 0. The third kappa shape index (κ3) is 0.984. The maximum Gasteiger partial charge on any atom is 0.131 e. The monoisotopic (exact) mass is 146 g/mol. The first kappa shape index (κ1) is 6.35. The third-order valence-corrected chi connectivity index (χ3v) is 1.74. The van der Waals surface area contributed by atoms with Gasteiger partial charge in [-0.25, -0.2) is 4.39 Å². The van der Waals surface area contributed by atoms with Crippen molar-refractivity contribution in [1.82, 2.24) is 0 Å². The number of hydrogen-bond acceptors (Lipinski definition) is 0. The molecule has 2 rings (SSSR count). The van der Waals surface area contributed by atoms with Gasteiger partial charge in [-0.05, 0) is 11.6 Å². The summed E-state index contributed by atoms with van der Waals surface area (Å²) in [5.41, 5.74) is 1.64. The van der Waals surface area contributed by atoms with E-state index in [1.54, 1.807) is 12.1 Å². The number of fused-ring (bicyclic) bond motifs is 1. The van der Waals surface area contributed by atoms with Crippen LogP contribution in [0.1, 0.15) is 0 Å². The molecule has 0 saturated heterocycles. The van der Waals surface area contributed by atoms with Crippen LogP contribution in [0.5, 0.6) is 0 Å². The van der Waals surface area contributed by atoms with Crippen molar-refractivity contribution in [2.45, 2.75) is 0 Å². The Hall–Kier alpha value is -1.37. The zero-order chi connectivity index (χ0) is 7.68. The molecule has 54 valence electrons. The molecule has 2 aliphatic rings. The Labute approximate surface area is 64.6 Å². The summed E-state index contributed by atoms with van der Waals surface area (Å²) >= 11 is 0. The first-order valence-corrected chi connectivity index (χ1v) is 3.51. The van der Waals surface area contributed by atoms with Crippen molar-refractivity contribution >= 4 is 0 Å².